The van der Waals surface area contributed by atoms with Crippen LogP contribution in [-0.2, 0) is 16.1 Å². The Morgan fingerprint density at radius 1 is 1.24 bits per heavy atom. The van der Waals surface area contributed by atoms with Gasteiger partial charge in [0.1, 0.15) is 0 Å². The number of nitrogens with zero attached hydrogens (tertiary/aromatic N) is 2. The standard InChI is InChI=1S/C17H18N2O2/c20-17(15-8-10-21-13-15)19(16-6-2-1-3-7-16)12-14-5-4-9-18-11-14/h1-7,9,11,15H,8,10,12-13H2. The van der Waals surface area contributed by atoms with E-state index in [0.717, 1.165) is 17.7 Å². The molecule has 2 aromatic rings. The highest BCUT2D eigenvalue weighted by atomic mass is 16.5. The average molecular weight is 282 g/mol. The highest BCUT2D eigenvalue weighted by Gasteiger charge is 2.28. The van der Waals surface area contributed by atoms with Crippen LogP contribution in [0.15, 0.2) is 54.9 Å². The van der Waals surface area contributed by atoms with Crippen LogP contribution < -0.4 is 4.90 Å². The molecular formula is C17H18N2O2. The smallest absolute Gasteiger partial charge is 0.232 e. The molecule has 21 heavy (non-hydrogen) atoms. The van der Waals surface area contributed by atoms with E-state index >= 15 is 0 Å². The molecular weight excluding hydrogens is 264 g/mol. The summed E-state index contributed by atoms with van der Waals surface area (Å²) in [6.45, 7) is 1.73. The normalized spacial score (nSPS) is 17.6. The molecule has 1 aliphatic heterocycles. The number of anilines is 1. The number of amides is 1. The van der Waals surface area contributed by atoms with Crippen LogP contribution in [0.4, 0.5) is 5.69 Å². The summed E-state index contributed by atoms with van der Waals surface area (Å²) in [5.41, 5.74) is 1.94. The molecule has 2 heterocycles. The third kappa shape index (κ3) is 3.28. The lowest BCUT2D eigenvalue weighted by atomic mass is 10.1. The van der Waals surface area contributed by atoms with Crippen LogP contribution in [0.1, 0.15) is 12.0 Å². The summed E-state index contributed by atoms with van der Waals surface area (Å²) in [5.74, 6) is 0.0874. The second-order valence-corrected chi connectivity index (χ2v) is 5.18. The van der Waals surface area contributed by atoms with Crippen LogP contribution >= 0.6 is 0 Å². The quantitative estimate of drug-likeness (QED) is 0.865. The van der Waals surface area contributed by atoms with Gasteiger partial charge in [0.25, 0.3) is 0 Å². The number of benzene rings is 1. The third-order valence-electron chi connectivity index (χ3n) is 3.68. The van der Waals surface area contributed by atoms with Gasteiger partial charge in [-0.15, -0.1) is 0 Å². The lowest BCUT2D eigenvalue weighted by Crippen LogP contribution is -2.36. The van der Waals surface area contributed by atoms with Gasteiger partial charge in [0.2, 0.25) is 5.91 Å². The van der Waals surface area contributed by atoms with Crippen LogP contribution in [0.2, 0.25) is 0 Å². The molecule has 4 nitrogen and oxygen atoms in total. The molecule has 4 heteroatoms. The van der Waals surface area contributed by atoms with Gasteiger partial charge in [-0.3, -0.25) is 9.78 Å². The van der Waals surface area contributed by atoms with Crippen molar-refractivity contribution in [2.45, 2.75) is 13.0 Å². The molecule has 0 radical (unpaired) electrons. The minimum absolute atomic E-state index is 0.0399. The van der Waals surface area contributed by atoms with E-state index in [0.29, 0.717) is 19.8 Å². The Kier molecular flexibility index (Phi) is 4.26. The average Bonchev–Trinajstić information content (AvgIpc) is 3.08. The molecule has 1 atom stereocenters. The summed E-state index contributed by atoms with van der Waals surface area (Å²) in [5, 5.41) is 0. The molecule has 1 aromatic heterocycles. The molecule has 108 valence electrons. The highest BCUT2D eigenvalue weighted by molar-refractivity contribution is 5.95. The molecule has 0 spiro atoms. The molecule has 1 aromatic carbocycles. The second-order valence-electron chi connectivity index (χ2n) is 5.18. The number of para-hydroxylation sites is 1. The first-order valence-electron chi connectivity index (χ1n) is 7.17. The largest absolute Gasteiger partial charge is 0.381 e. The predicted molar refractivity (Wildman–Crippen MR) is 80.8 cm³/mol. The number of carbonyl (C=O) groups excluding carboxylic acids is 1. The Bertz CT molecular complexity index is 580. The van der Waals surface area contributed by atoms with Crippen LogP contribution in [0, 0.1) is 5.92 Å². The third-order valence-corrected chi connectivity index (χ3v) is 3.68. The summed E-state index contributed by atoms with van der Waals surface area (Å²) < 4.78 is 5.35. The van der Waals surface area contributed by atoms with Gasteiger partial charge >= 0.3 is 0 Å². The molecule has 0 bridgehead atoms. The molecule has 0 N–H and O–H groups in total. The fourth-order valence-corrected chi connectivity index (χ4v) is 2.53. The van der Waals surface area contributed by atoms with Gasteiger partial charge in [-0.1, -0.05) is 24.3 Å². The summed E-state index contributed by atoms with van der Waals surface area (Å²) in [7, 11) is 0. The lowest BCUT2D eigenvalue weighted by molar-refractivity contribution is -0.122. The number of aromatic nitrogens is 1. The summed E-state index contributed by atoms with van der Waals surface area (Å²) in [4.78, 5) is 18.7. The van der Waals surface area contributed by atoms with Crippen molar-refractivity contribution >= 4 is 11.6 Å². The lowest BCUT2D eigenvalue weighted by Gasteiger charge is -2.25. The molecule has 1 aliphatic rings. The minimum Gasteiger partial charge on any atom is -0.381 e. The van der Waals surface area contributed by atoms with Crippen LogP contribution in [-0.4, -0.2) is 24.1 Å². The monoisotopic (exact) mass is 282 g/mol. The van der Waals surface area contributed by atoms with Gasteiger partial charge < -0.3 is 9.64 Å². The van der Waals surface area contributed by atoms with Gasteiger partial charge in [-0.25, -0.2) is 0 Å². The first-order valence-corrected chi connectivity index (χ1v) is 7.17. The first kappa shape index (κ1) is 13.8. The number of hydrogen-bond donors (Lipinski definition) is 0. The maximum Gasteiger partial charge on any atom is 0.232 e. The summed E-state index contributed by atoms with van der Waals surface area (Å²) >= 11 is 0. The number of rotatable bonds is 4. The van der Waals surface area contributed by atoms with E-state index in [1.54, 1.807) is 12.4 Å². The maximum atomic E-state index is 12.8. The van der Waals surface area contributed by atoms with Crippen LogP contribution in [0.3, 0.4) is 0 Å². The Labute approximate surface area is 124 Å². The van der Waals surface area contributed by atoms with Gasteiger partial charge in [-0.2, -0.15) is 0 Å². The van der Waals surface area contributed by atoms with E-state index in [2.05, 4.69) is 4.98 Å². The van der Waals surface area contributed by atoms with Gasteiger partial charge in [0.05, 0.1) is 19.1 Å². The molecule has 3 rings (SSSR count). The topological polar surface area (TPSA) is 42.4 Å². The van der Waals surface area contributed by atoms with Crippen molar-refractivity contribution in [2.24, 2.45) is 5.92 Å². The minimum atomic E-state index is -0.0399. The number of ether oxygens (including phenoxy) is 1. The molecule has 1 amide bonds. The van der Waals surface area contributed by atoms with E-state index < -0.39 is 0 Å². The summed E-state index contributed by atoms with van der Waals surface area (Å²) in [6, 6.07) is 13.7. The Morgan fingerprint density at radius 3 is 2.76 bits per heavy atom. The van der Waals surface area contributed by atoms with E-state index in [1.165, 1.54) is 0 Å². The SMILES string of the molecule is O=C(C1CCOC1)N(Cc1cccnc1)c1ccccc1. The zero-order valence-electron chi connectivity index (χ0n) is 11.8. The maximum absolute atomic E-state index is 12.8. The number of pyridine rings is 1. The fraction of sp³-hybridized carbons (Fsp3) is 0.294. The number of hydrogen-bond acceptors (Lipinski definition) is 3. The van der Waals surface area contributed by atoms with Crippen molar-refractivity contribution in [1.82, 2.24) is 4.98 Å². The number of carbonyl (C=O) groups is 1. The van der Waals surface area contributed by atoms with Gasteiger partial charge in [0, 0.05) is 24.7 Å². The zero-order valence-corrected chi connectivity index (χ0v) is 11.8. The van der Waals surface area contributed by atoms with E-state index in [9.17, 15) is 4.79 Å². The molecule has 0 aliphatic carbocycles. The summed E-state index contributed by atoms with van der Waals surface area (Å²) in [6.07, 6.45) is 4.34. The van der Waals surface area contributed by atoms with E-state index in [-0.39, 0.29) is 11.8 Å². The zero-order chi connectivity index (χ0) is 14.5. The van der Waals surface area contributed by atoms with Crippen molar-refractivity contribution in [2.75, 3.05) is 18.1 Å². The van der Waals surface area contributed by atoms with Crippen LogP contribution in [0.25, 0.3) is 0 Å². The van der Waals surface area contributed by atoms with Crippen molar-refractivity contribution in [3.05, 3.63) is 60.4 Å². The predicted octanol–water partition coefficient (Wildman–Crippen LogP) is 2.65. The molecule has 1 unspecified atom stereocenters. The van der Waals surface area contributed by atoms with Gasteiger partial charge in [-0.05, 0) is 30.2 Å². The van der Waals surface area contributed by atoms with Crippen molar-refractivity contribution in [3.63, 3.8) is 0 Å². The van der Waals surface area contributed by atoms with Gasteiger partial charge in [0.15, 0.2) is 0 Å². The van der Waals surface area contributed by atoms with Crippen LogP contribution in [0.5, 0.6) is 0 Å². The van der Waals surface area contributed by atoms with Crippen molar-refractivity contribution in [3.8, 4) is 0 Å². The fourth-order valence-electron chi connectivity index (χ4n) is 2.53. The van der Waals surface area contributed by atoms with E-state index in [1.807, 2.05) is 47.4 Å². The van der Waals surface area contributed by atoms with Crippen molar-refractivity contribution in [1.29, 1.82) is 0 Å². The molecule has 0 saturated carbocycles. The second kappa shape index (κ2) is 6.50. The van der Waals surface area contributed by atoms with Crippen molar-refractivity contribution < 1.29 is 9.53 Å². The molecule has 1 fully saturated rings. The Hall–Kier alpha value is -2.20. The molecule has 1 saturated heterocycles. The van der Waals surface area contributed by atoms with E-state index in [4.69, 9.17) is 4.74 Å². The Morgan fingerprint density at radius 2 is 2.10 bits per heavy atom. The Balaban J connectivity index is 1.85. The first-order chi connectivity index (χ1) is 10.3. The highest BCUT2D eigenvalue weighted by Crippen LogP contribution is 2.23.